The van der Waals surface area contributed by atoms with Crippen LogP contribution in [0.5, 0.6) is 0 Å². The second-order valence-electron chi connectivity index (χ2n) is 12.9. The lowest BCUT2D eigenvalue weighted by molar-refractivity contribution is -0.138. The third-order valence-electron chi connectivity index (χ3n) is 9.74. The predicted molar refractivity (Wildman–Crippen MR) is 170 cm³/mol. The number of hydrazine groups is 2. The number of anilines is 2. The van der Waals surface area contributed by atoms with Gasteiger partial charge in [-0.25, -0.2) is 0 Å². The molecule has 3 aromatic carbocycles. The number of carbonyl (C=O) groups is 1. The number of hydrogen-bond donors (Lipinski definition) is 3. The van der Waals surface area contributed by atoms with Crippen LogP contribution in [-0.4, -0.2) is 23.9 Å². The zero-order chi connectivity index (χ0) is 32.0. The van der Waals surface area contributed by atoms with Crippen LogP contribution < -0.4 is 21.7 Å². The molecule has 0 radical (unpaired) electrons. The second-order valence-corrected chi connectivity index (χ2v) is 12.9. The van der Waals surface area contributed by atoms with Gasteiger partial charge in [0, 0.05) is 32.1 Å². The van der Waals surface area contributed by atoms with Crippen LogP contribution in [0, 0.1) is 25.2 Å². The Balaban J connectivity index is 1.56. The second kappa shape index (κ2) is 12.1. The molecule has 0 bridgehead atoms. The molecule has 4 N–H and O–H groups in total. The largest absolute Gasteiger partial charge is 0.416 e. The zero-order valence-electron chi connectivity index (χ0n) is 26.5. The summed E-state index contributed by atoms with van der Waals surface area (Å²) >= 11 is 0. The Morgan fingerprint density at radius 3 is 2.50 bits per heavy atom. The summed E-state index contributed by atoms with van der Waals surface area (Å²) in [6, 6.07) is 15.0. The molecular weight excluding hydrogens is 563 g/mol. The van der Waals surface area contributed by atoms with Crippen LogP contribution in [0.3, 0.4) is 0 Å². The minimum absolute atomic E-state index is 0.234. The van der Waals surface area contributed by atoms with E-state index in [0.717, 1.165) is 57.7 Å². The van der Waals surface area contributed by atoms with Gasteiger partial charge in [0.2, 0.25) is 5.91 Å². The van der Waals surface area contributed by atoms with Crippen molar-refractivity contribution in [1.29, 1.82) is 0 Å². The lowest BCUT2D eigenvalue weighted by Crippen LogP contribution is -2.38. The topological polar surface area (TPSA) is 73.6 Å². The molecule has 2 aliphatic rings. The number of primary amides is 1. The maximum atomic E-state index is 14.1. The van der Waals surface area contributed by atoms with Gasteiger partial charge in [0.1, 0.15) is 0 Å². The van der Waals surface area contributed by atoms with Crippen LogP contribution in [0.1, 0.15) is 84.5 Å². The molecule has 0 aliphatic carbocycles. The van der Waals surface area contributed by atoms with Crippen LogP contribution in [0.15, 0.2) is 48.5 Å². The Morgan fingerprint density at radius 1 is 1.09 bits per heavy atom. The van der Waals surface area contributed by atoms with Gasteiger partial charge in [0.25, 0.3) is 0 Å². The smallest absolute Gasteiger partial charge is 0.369 e. The van der Waals surface area contributed by atoms with Gasteiger partial charge in [-0.05, 0) is 84.2 Å². The van der Waals surface area contributed by atoms with E-state index in [2.05, 4.69) is 67.0 Å². The number of alkyl halides is 3. The summed E-state index contributed by atoms with van der Waals surface area (Å²) in [5.74, 6) is -0.491. The van der Waals surface area contributed by atoms with Gasteiger partial charge >= 0.3 is 6.18 Å². The molecule has 2 heterocycles. The predicted octanol–water partition coefficient (Wildman–Crippen LogP) is 7.22. The normalized spacial score (nSPS) is 17.9. The monoisotopic (exact) mass is 607 g/mol. The number of nitrogens with zero attached hydrogens (tertiary/aromatic N) is 2. The van der Waals surface area contributed by atoms with Gasteiger partial charge in [-0.3, -0.25) is 14.7 Å². The first-order valence-electron chi connectivity index (χ1n) is 15.5. The fourth-order valence-electron chi connectivity index (χ4n) is 6.95. The van der Waals surface area contributed by atoms with E-state index in [0.29, 0.717) is 25.1 Å². The first-order chi connectivity index (χ1) is 20.8. The number of benzene rings is 3. The lowest BCUT2D eigenvalue weighted by atomic mass is 9.69. The molecule has 3 aromatic rings. The summed E-state index contributed by atoms with van der Waals surface area (Å²) in [4.78, 5) is 15.1. The van der Waals surface area contributed by atoms with E-state index >= 15 is 0 Å². The summed E-state index contributed by atoms with van der Waals surface area (Å²) in [6.45, 7) is 14.2. The number of nitrogens with one attached hydrogen (secondary N) is 2. The van der Waals surface area contributed by atoms with E-state index in [4.69, 9.17) is 5.73 Å². The maximum Gasteiger partial charge on any atom is 0.416 e. The fraction of sp³-hybridized carbons (Fsp3) is 0.457. The van der Waals surface area contributed by atoms with Crippen LogP contribution in [0.2, 0.25) is 0 Å². The summed E-state index contributed by atoms with van der Waals surface area (Å²) < 4.78 is 42.2. The molecule has 0 spiro atoms. The van der Waals surface area contributed by atoms with Crippen molar-refractivity contribution in [1.82, 2.24) is 10.4 Å². The minimum atomic E-state index is -4.40. The number of amides is 1. The fourth-order valence-corrected chi connectivity index (χ4v) is 6.95. The minimum Gasteiger partial charge on any atom is -0.369 e. The third kappa shape index (κ3) is 5.92. The highest BCUT2D eigenvalue weighted by molar-refractivity contribution is 5.83. The number of rotatable bonds is 8. The molecule has 0 saturated carbocycles. The molecule has 0 aromatic heterocycles. The van der Waals surface area contributed by atoms with Crippen molar-refractivity contribution in [2.24, 2.45) is 17.1 Å². The number of hydrogen-bond acceptors (Lipinski definition) is 5. The van der Waals surface area contributed by atoms with Crippen molar-refractivity contribution in [3.05, 3.63) is 93.0 Å². The van der Waals surface area contributed by atoms with E-state index < -0.39 is 23.1 Å². The van der Waals surface area contributed by atoms with Crippen molar-refractivity contribution >= 4 is 17.3 Å². The SMILES string of the molecule is CC[C@H]1Cc2cccc(C(F)(F)F)c2CN(Cc2cc([C@@H](c3ccc4c(c3C)NNN4CC)C(C)(C)C(N)=O)ccc2C)C1. The molecular formula is C35H44F3N5O. The molecule has 0 unspecified atom stereocenters. The summed E-state index contributed by atoms with van der Waals surface area (Å²) in [7, 11) is 0. The van der Waals surface area contributed by atoms with Gasteiger partial charge in [0.05, 0.1) is 22.4 Å². The third-order valence-corrected chi connectivity index (χ3v) is 9.74. The van der Waals surface area contributed by atoms with Crippen molar-refractivity contribution in [2.45, 2.75) is 79.6 Å². The average Bonchev–Trinajstić information content (AvgIpc) is 3.30. The molecule has 6 nitrogen and oxygen atoms in total. The van der Waals surface area contributed by atoms with Crippen LogP contribution in [0.25, 0.3) is 0 Å². The van der Waals surface area contributed by atoms with Gasteiger partial charge in [-0.2, -0.15) is 13.2 Å². The van der Waals surface area contributed by atoms with Crippen molar-refractivity contribution in [3.8, 4) is 0 Å². The van der Waals surface area contributed by atoms with Gasteiger partial charge in [-0.15, -0.1) is 5.53 Å². The molecule has 236 valence electrons. The van der Waals surface area contributed by atoms with Gasteiger partial charge in [0.15, 0.2) is 0 Å². The van der Waals surface area contributed by atoms with E-state index in [1.807, 2.05) is 31.8 Å². The summed E-state index contributed by atoms with van der Waals surface area (Å²) in [6.07, 6.45) is -2.88. The quantitative estimate of drug-likeness (QED) is 0.252. The number of carbonyl (C=O) groups excluding carboxylic acids is 1. The first-order valence-corrected chi connectivity index (χ1v) is 15.5. The average molecular weight is 608 g/mol. The highest BCUT2D eigenvalue weighted by Gasteiger charge is 2.40. The highest BCUT2D eigenvalue weighted by Crippen LogP contribution is 2.46. The standard InChI is InChI=1S/C35H44F3N5O/c1-7-23-16-24-10-9-11-29(35(36,37)38)28(24)20-42(18-23)19-26-17-25(13-12-21(26)3)31(34(5,6)33(39)44)27-14-15-30-32(22(27)4)40-41-43(30)8-2/h9-15,17,23,31,40-41H,7-8,16,18-20H2,1-6H3,(H2,39,44)/t23-,31-/m0/s1. The molecule has 44 heavy (non-hydrogen) atoms. The molecule has 0 fully saturated rings. The van der Waals surface area contributed by atoms with Crippen molar-refractivity contribution < 1.29 is 18.0 Å². The summed E-state index contributed by atoms with van der Waals surface area (Å²) in [5.41, 5.74) is 19.3. The zero-order valence-corrected chi connectivity index (χ0v) is 26.5. The van der Waals surface area contributed by atoms with E-state index in [1.54, 1.807) is 0 Å². The van der Waals surface area contributed by atoms with Crippen molar-refractivity contribution in [3.63, 3.8) is 0 Å². The summed E-state index contributed by atoms with van der Waals surface area (Å²) in [5, 5.41) is 2.03. The molecule has 1 amide bonds. The Bertz CT molecular complexity index is 1550. The molecule has 5 rings (SSSR count). The Kier molecular flexibility index (Phi) is 8.75. The number of nitrogens with two attached hydrogens (primary N) is 1. The lowest BCUT2D eigenvalue weighted by Gasteiger charge is -2.34. The number of fused-ring (bicyclic) bond motifs is 2. The van der Waals surface area contributed by atoms with E-state index in [-0.39, 0.29) is 18.4 Å². The molecule has 9 heteroatoms. The van der Waals surface area contributed by atoms with Crippen LogP contribution in [0.4, 0.5) is 24.5 Å². The number of aryl methyl sites for hydroxylation is 1. The first kappa shape index (κ1) is 31.9. The van der Waals surface area contributed by atoms with Gasteiger partial charge < -0.3 is 11.2 Å². The van der Waals surface area contributed by atoms with Crippen LogP contribution in [-0.2, 0) is 30.5 Å². The van der Waals surface area contributed by atoms with Crippen LogP contribution >= 0.6 is 0 Å². The number of halogens is 3. The molecule has 2 atom stereocenters. The highest BCUT2D eigenvalue weighted by atomic mass is 19.4. The van der Waals surface area contributed by atoms with E-state index in [9.17, 15) is 18.0 Å². The molecule has 0 saturated heterocycles. The Labute approximate surface area is 258 Å². The Morgan fingerprint density at radius 2 is 1.84 bits per heavy atom. The maximum absolute atomic E-state index is 14.1. The van der Waals surface area contributed by atoms with E-state index in [1.165, 1.54) is 12.1 Å². The Hall–Kier alpha value is -3.56. The van der Waals surface area contributed by atoms with Gasteiger partial charge in [-0.1, -0.05) is 63.6 Å². The van der Waals surface area contributed by atoms with Crippen molar-refractivity contribution in [2.75, 3.05) is 23.5 Å². The molecule has 2 aliphatic heterocycles.